The largest absolute Gasteiger partial charge is 0.465 e. The van der Waals surface area contributed by atoms with Gasteiger partial charge in [-0.25, -0.2) is 0 Å². The molecule has 2 rings (SSSR count). The summed E-state index contributed by atoms with van der Waals surface area (Å²) in [6, 6.07) is 0.0770. The molecule has 118 valence electrons. The number of piperidine rings is 1. The SMILES string of the molecule is CCOC(=O)C(C)(C)C(=O)CN1CCCC2C(=O)NCC21. The highest BCUT2D eigenvalue weighted by Crippen LogP contribution is 2.28. The number of likely N-dealkylation sites (tertiary alicyclic amines) is 1. The van der Waals surface area contributed by atoms with E-state index in [4.69, 9.17) is 4.74 Å². The van der Waals surface area contributed by atoms with Crippen LogP contribution in [0, 0.1) is 11.3 Å². The highest BCUT2D eigenvalue weighted by Gasteiger charge is 2.44. The molecule has 2 aliphatic rings. The normalized spacial score (nSPS) is 26.1. The van der Waals surface area contributed by atoms with Gasteiger partial charge < -0.3 is 10.1 Å². The van der Waals surface area contributed by atoms with E-state index in [9.17, 15) is 14.4 Å². The first-order chi connectivity index (χ1) is 9.87. The molecule has 0 aromatic rings. The van der Waals surface area contributed by atoms with Gasteiger partial charge in [0, 0.05) is 12.6 Å². The van der Waals surface area contributed by atoms with Crippen molar-refractivity contribution < 1.29 is 19.1 Å². The lowest BCUT2D eigenvalue weighted by Crippen LogP contribution is -2.50. The van der Waals surface area contributed by atoms with Crippen molar-refractivity contribution >= 4 is 17.7 Å². The molecular formula is C15H24N2O4. The first kappa shape index (κ1) is 15.9. The number of carbonyl (C=O) groups excluding carboxylic acids is 3. The number of fused-ring (bicyclic) bond motifs is 1. The van der Waals surface area contributed by atoms with Crippen LogP contribution < -0.4 is 5.32 Å². The number of carbonyl (C=O) groups is 3. The summed E-state index contributed by atoms with van der Waals surface area (Å²) >= 11 is 0. The molecule has 2 atom stereocenters. The Labute approximate surface area is 125 Å². The van der Waals surface area contributed by atoms with Gasteiger partial charge in [-0.05, 0) is 40.2 Å². The van der Waals surface area contributed by atoms with E-state index in [-0.39, 0.29) is 36.8 Å². The van der Waals surface area contributed by atoms with Crippen LogP contribution in [0.4, 0.5) is 0 Å². The van der Waals surface area contributed by atoms with Crippen LogP contribution in [0.5, 0.6) is 0 Å². The molecule has 0 bridgehead atoms. The summed E-state index contributed by atoms with van der Waals surface area (Å²) < 4.78 is 4.98. The smallest absolute Gasteiger partial charge is 0.319 e. The highest BCUT2D eigenvalue weighted by atomic mass is 16.5. The Morgan fingerprint density at radius 1 is 1.43 bits per heavy atom. The van der Waals surface area contributed by atoms with E-state index in [1.54, 1.807) is 20.8 Å². The summed E-state index contributed by atoms with van der Waals surface area (Å²) in [4.78, 5) is 38.1. The predicted octanol–water partition coefficient (Wildman–Crippen LogP) is 0.355. The minimum Gasteiger partial charge on any atom is -0.465 e. The number of amides is 1. The third-order valence-electron chi connectivity index (χ3n) is 4.55. The summed E-state index contributed by atoms with van der Waals surface area (Å²) in [5.74, 6) is -0.566. The lowest BCUT2D eigenvalue weighted by molar-refractivity contribution is -0.158. The second-order valence-corrected chi connectivity index (χ2v) is 6.30. The minimum absolute atomic E-state index is 0.0164. The van der Waals surface area contributed by atoms with E-state index >= 15 is 0 Å². The number of ether oxygens (including phenoxy) is 1. The quantitative estimate of drug-likeness (QED) is 0.585. The van der Waals surface area contributed by atoms with Crippen LogP contribution in [0.15, 0.2) is 0 Å². The standard InChI is InChI=1S/C15H24N2O4/c1-4-21-14(20)15(2,3)12(18)9-17-7-5-6-10-11(17)8-16-13(10)19/h10-11H,4-9H2,1-3H3,(H,16,19). The van der Waals surface area contributed by atoms with Gasteiger partial charge in [0.25, 0.3) is 0 Å². The summed E-state index contributed by atoms with van der Waals surface area (Å²) in [6.07, 6.45) is 1.78. The van der Waals surface area contributed by atoms with Crippen molar-refractivity contribution in [3.8, 4) is 0 Å². The van der Waals surface area contributed by atoms with Crippen LogP contribution in [-0.2, 0) is 19.1 Å². The number of esters is 1. The molecule has 2 saturated heterocycles. The molecule has 6 nitrogen and oxygen atoms in total. The van der Waals surface area contributed by atoms with E-state index < -0.39 is 11.4 Å². The van der Waals surface area contributed by atoms with E-state index in [0.29, 0.717) is 6.54 Å². The molecule has 6 heteroatoms. The molecular weight excluding hydrogens is 272 g/mol. The molecule has 0 radical (unpaired) electrons. The van der Waals surface area contributed by atoms with E-state index in [1.807, 2.05) is 4.90 Å². The van der Waals surface area contributed by atoms with E-state index in [0.717, 1.165) is 19.4 Å². The zero-order chi connectivity index (χ0) is 15.6. The predicted molar refractivity (Wildman–Crippen MR) is 76.5 cm³/mol. The van der Waals surface area contributed by atoms with Gasteiger partial charge in [-0.1, -0.05) is 0 Å². The Balaban J connectivity index is 2.02. The topological polar surface area (TPSA) is 75.7 Å². The molecule has 0 spiro atoms. The Hall–Kier alpha value is -1.43. The van der Waals surface area contributed by atoms with Crippen LogP contribution in [-0.4, -0.2) is 54.8 Å². The Morgan fingerprint density at radius 2 is 2.14 bits per heavy atom. The molecule has 0 aromatic carbocycles. The number of Topliss-reactive ketones (excluding diaryl/α,β-unsaturated/α-hetero) is 1. The average Bonchev–Trinajstić information content (AvgIpc) is 2.82. The van der Waals surface area contributed by atoms with Crippen molar-refractivity contribution in [2.45, 2.75) is 39.7 Å². The van der Waals surface area contributed by atoms with Gasteiger partial charge in [-0.15, -0.1) is 0 Å². The van der Waals surface area contributed by atoms with E-state index in [2.05, 4.69) is 5.32 Å². The lowest BCUT2D eigenvalue weighted by atomic mass is 9.86. The molecule has 2 unspecified atom stereocenters. The molecule has 2 aliphatic heterocycles. The molecule has 0 aromatic heterocycles. The van der Waals surface area contributed by atoms with Gasteiger partial charge in [0.05, 0.1) is 19.1 Å². The van der Waals surface area contributed by atoms with Gasteiger partial charge in [-0.2, -0.15) is 0 Å². The maximum Gasteiger partial charge on any atom is 0.319 e. The lowest BCUT2D eigenvalue weighted by Gasteiger charge is -2.36. The van der Waals surface area contributed by atoms with Gasteiger partial charge in [0.1, 0.15) is 5.41 Å². The second-order valence-electron chi connectivity index (χ2n) is 6.30. The van der Waals surface area contributed by atoms with Crippen molar-refractivity contribution in [1.29, 1.82) is 0 Å². The number of rotatable bonds is 5. The van der Waals surface area contributed by atoms with Crippen molar-refractivity contribution in [3.05, 3.63) is 0 Å². The van der Waals surface area contributed by atoms with Crippen molar-refractivity contribution in [1.82, 2.24) is 10.2 Å². The molecule has 0 saturated carbocycles. The van der Waals surface area contributed by atoms with Crippen molar-refractivity contribution in [2.24, 2.45) is 11.3 Å². The Morgan fingerprint density at radius 3 is 2.81 bits per heavy atom. The first-order valence-corrected chi connectivity index (χ1v) is 7.60. The summed E-state index contributed by atoms with van der Waals surface area (Å²) in [5, 5.41) is 2.86. The van der Waals surface area contributed by atoms with Crippen LogP contribution in [0.3, 0.4) is 0 Å². The summed E-state index contributed by atoms with van der Waals surface area (Å²) in [6.45, 7) is 6.78. The number of hydrogen-bond acceptors (Lipinski definition) is 5. The van der Waals surface area contributed by atoms with Crippen molar-refractivity contribution in [3.63, 3.8) is 0 Å². The monoisotopic (exact) mass is 296 g/mol. The van der Waals surface area contributed by atoms with Gasteiger partial charge in [0.2, 0.25) is 5.91 Å². The third-order valence-corrected chi connectivity index (χ3v) is 4.55. The zero-order valence-electron chi connectivity index (χ0n) is 13.0. The number of ketones is 1. The van der Waals surface area contributed by atoms with Gasteiger partial charge >= 0.3 is 5.97 Å². The summed E-state index contributed by atoms with van der Waals surface area (Å²) in [7, 11) is 0. The molecule has 2 heterocycles. The third kappa shape index (κ3) is 3.10. The number of nitrogens with zero attached hydrogens (tertiary/aromatic N) is 1. The second kappa shape index (κ2) is 6.13. The average molecular weight is 296 g/mol. The minimum atomic E-state index is -1.14. The van der Waals surface area contributed by atoms with Gasteiger partial charge in [0.15, 0.2) is 5.78 Å². The first-order valence-electron chi connectivity index (χ1n) is 7.60. The number of nitrogens with one attached hydrogen (secondary N) is 1. The van der Waals surface area contributed by atoms with Crippen LogP contribution in [0.2, 0.25) is 0 Å². The van der Waals surface area contributed by atoms with Crippen LogP contribution >= 0.6 is 0 Å². The Bertz CT molecular complexity index is 447. The van der Waals surface area contributed by atoms with Gasteiger partial charge in [-0.3, -0.25) is 19.3 Å². The fraction of sp³-hybridized carbons (Fsp3) is 0.800. The highest BCUT2D eigenvalue weighted by molar-refractivity contribution is 6.04. The molecule has 1 amide bonds. The van der Waals surface area contributed by atoms with Crippen LogP contribution in [0.1, 0.15) is 33.6 Å². The fourth-order valence-corrected chi connectivity index (χ4v) is 3.04. The maximum atomic E-state index is 12.5. The summed E-state index contributed by atoms with van der Waals surface area (Å²) in [5.41, 5.74) is -1.14. The molecule has 1 N–H and O–H groups in total. The van der Waals surface area contributed by atoms with Crippen LogP contribution in [0.25, 0.3) is 0 Å². The van der Waals surface area contributed by atoms with Crippen molar-refractivity contribution in [2.75, 3.05) is 26.2 Å². The Kier molecular flexibility index (Phi) is 4.66. The zero-order valence-corrected chi connectivity index (χ0v) is 13.0. The maximum absolute atomic E-state index is 12.5. The fourth-order valence-electron chi connectivity index (χ4n) is 3.04. The number of hydrogen-bond donors (Lipinski definition) is 1. The molecule has 2 fully saturated rings. The molecule has 21 heavy (non-hydrogen) atoms. The van der Waals surface area contributed by atoms with E-state index in [1.165, 1.54) is 0 Å². The molecule has 0 aliphatic carbocycles.